The van der Waals surface area contributed by atoms with E-state index in [1.54, 1.807) is 29.2 Å². The third-order valence-corrected chi connectivity index (χ3v) is 4.65. The number of aliphatic hydroxyl groups is 1. The summed E-state index contributed by atoms with van der Waals surface area (Å²) in [7, 11) is 0. The van der Waals surface area contributed by atoms with Crippen molar-refractivity contribution in [2.45, 2.75) is 39.2 Å². The molecule has 1 aliphatic carbocycles. The number of amides is 2. The first-order chi connectivity index (χ1) is 10.9. The van der Waals surface area contributed by atoms with Crippen molar-refractivity contribution in [1.82, 2.24) is 10.2 Å². The molecule has 2 N–H and O–H groups in total. The van der Waals surface area contributed by atoms with Crippen LogP contribution in [0.3, 0.4) is 0 Å². The van der Waals surface area contributed by atoms with Crippen LogP contribution in [0.5, 0.6) is 0 Å². The Kier molecular flexibility index (Phi) is 5.42. The van der Waals surface area contributed by atoms with E-state index in [2.05, 4.69) is 5.32 Å². The van der Waals surface area contributed by atoms with Gasteiger partial charge in [0.2, 0.25) is 0 Å². The summed E-state index contributed by atoms with van der Waals surface area (Å²) in [6, 6.07) is 6.69. The molecule has 1 aliphatic rings. The van der Waals surface area contributed by atoms with Gasteiger partial charge in [0.15, 0.2) is 0 Å². The van der Waals surface area contributed by atoms with Crippen molar-refractivity contribution >= 4 is 11.8 Å². The van der Waals surface area contributed by atoms with Crippen LogP contribution in [0.25, 0.3) is 0 Å². The second-order valence-corrected chi connectivity index (χ2v) is 6.36. The van der Waals surface area contributed by atoms with E-state index in [4.69, 9.17) is 0 Å². The van der Waals surface area contributed by atoms with Gasteiger partial charge in [-0.05, 0) is 63.8 Å². The summed E-state index contributed by atoms with van der Waals surface area (Å²) in [5, 5.41) is 12.5. The number of rotatable bonds is 7. The summed E-state index contributed by atoms with van der Waals surface area (Å²) < 4.78 is 0. The molecular formula is C18H26N2O3. The van der Waals surface area contributed by atoms with Crippen LogP contribution in [0.15, 0.2) is 24.3 Å². The first-order valence-electron chi connectivity index (χ1n) is 8.27. The molecule has 1 saturated carbocycles. The molecule has 2 rings (SSSR count). The normalized spacial score (nSPS) is 16.5. The van der Waals surface area contributed by atoms with E-state index in [-0.39, 0.29) is 18.4 Å². The summed E-state index contributed by atoms with van der Waals surface area (Å²) in [6.07, 6.45) is 2.07. The summed E-state index contributed by atoms with van der Waals surface area (Å²) in [4.78, 5) is 26.4. The smallest absolute Gasteiger partial charge is 0.253 e. The summed E-state index contributed by atoms with van der Waals surface area (Å²) in [5.74, 6) is 0.107. The second kappa shape index (κ2) is 7.13. The van der Waals surface area contributed by atoms with Crippen molar-refractivity contribution in [2.24, 2.45) is 5.92 Å². The summed E-state index contributed by atoms with van der Waals surface area (Å²) >= 11 is 0. The maximum atomic E-state index is 12.4. The van der Waals surface area contributed by atoms with Gasteiger partial charge in [-0.2, -0.15) is 0 Å². The zero-order valence-electron chi connectivity index (χ0n) is 14.1. The minimum atomic E-state index is -0.563. The third kappa shape index (κ3) is 3.91. The van der Waals surface area contributed by atoms with Gasteiger partial charge in [-0.1, -0.05) is 0 Å². The number of hydrogen-bond acceptors (Lipinski definition) is 3. The quantitative estimate of drug-likeness (QED) is 0.808. The van der Waals surface area contributed by atoms with Crippen molar-refractivity contribution in [3.63, 3.8) is 0 Å². The topological polar surface area (TPSA) is 69.6 Å². The molecular weight excluding hydrogens is 292 g/mol. The van der Waals surface area contributed by atoms with E-state index in [0.717, 1.165) is 12.8 Å². The third-order valence-electron chi connectivity index (χ3n) is 4.65. The van der Waals surface area contributed by atoms with Crippen LogP contribution in [0.4, 0.5) is 0 Å². The Morgan fingerprint density at radius 1 is 1.17 bits per heavy atom. The molecule has 0 bridgehead atoms. The van der Waals surface area contributed by atoms with Crippen LogP contribution < -0.4 is 5.32 Å². The number of benzene rings is 1. The molecule has 1 atom stereocenters. The molecule has 1 unspecified atom stereocenters. The van der Waals surface area contributed by atoms with E-state index in [9.17, 15) is 14.7 Å². The van der Waals surface area contributed by atoms with Crippen molar-refractivity contribution in [1.29, 1.82) is 0 Å². The SMILES string of the molecule is CCN(CC)C(=O)c1ccc(C(=O)NC(C)(CO)C2CC2)cc1. The number of nitrogens with zero attached hydrogens (tertiary/aromatic N) is 1. The molecule has 0 aromatic heterocycles. The van der Waals surface area contributed by atoms with Gasteiger partial charge in [-0.15, -0.1) is 0 Å². The summed E-state index contributed by atoms with van der Waals surface area (Å²) in [5.41, 5.74) is 0.520. The fraction of sp³-hybridized carbons (Fsp3) is 0.556. The van der Waals surface area contributed by atoms with Gasteiger partial charge in [0, 0.05) is 24.2 Å². The maximum Gasteiger partial charge on any atom is 0.253 e. The van der Waals surface area contributed by atoms with E-state index >= 15 is 0 Å². The fourth-order valence-electron chi connectivity index (χ4n) is 2.78. The summed E-state index contributed by atoms with van der Waals surface area (Å²) in [6.45, 7) is 7.01. The zero-order valence-corrected chi connectivity index (χ0v) is 14.1. The molecule has 5 nitrogen and oxygen atoms in total. The molecule has 5 heteroatoms. The van der Waals surface area contributed by atoms with Crippen molar-refractivity contribution in [3.05, 3.63) is 35.4 Å². The van der Waals surface area contributed by atoms with Crippen molar-refractivity contribution in [3.8, 4) is 0 Å². The highest BCUT2D eigenvalue weighted by Gasteiger charge is 2.42. The molecule has 1 fully saturated rings. The average molecular weight is 318 g/mol. The van der Waals surface area contributed by atoms with Gasteiger partial charge in [-0.25, -0.2) is 0 Å². The number of hydrogen-bond donors (Lipinski definition) is 2. The lowest BCUT2D eigenvalue weighted by Crippen LogP contribution is -2.50. The Hall–Kier alpha value is -1.88. The lowest BCUT2D eigenvalue weighted by atomic mass is 9.96. The van der Waals surface area contributed by atoms with Gasteiger partial charge in [0.1, 0.15) is 0 Å². The maximum absolute atomic E-state index is 12.4. The second-order valence-electron chi connectivity index (χ2n) is 6.36. The Morgan fingerprint density at radius 2 is 1.70 bits per heavy atom. The van der Waals surface area contributed by atoms with E-state index in [1.807, 2.05) is 20.8 Å². The molecule has 1 aromatic carbocycles. The first-order valence-corrected chi connectivity index (χ1v) is 8.27. The minimum absolute atomic E-state index is 0.0277. The molecule has 126 valence electrons. The first kappa shape index (κ1) is 17.5. The minimum Gasteiger partial charge on any atom is -0.394 e. The predicted molar refractivity (Wildman–Crippen MR) is 89.4 cm³/mol. The van der Waals surface area contributed by atoms with Crippen molar-refractivity contribution in [2.75, 3.05) is 19.7 Å². The Morgan fingerprint density at radius 3 is 2.13 bits per heavy atom. The van der Waals surface area contributed by atoms with E-state index in [0.29, 0.717) is 30.1 Å². The number of aliphatic hydroxyl groups excluding tert-OH is 1. The molecule has 23 heavy (non-hydrogen) atoms. The van der Waals surface area contributed by atoms with E-state index in [1.165, 1.54) is 0 Å². The molecule has 0 radical (unpaired) electrons. The molecule has 0 spiro atoms. The van der Waals surface area contributed by atoms with Crippen LogP contribution in [0.1, 0.15) is 54.3 Å². The van der Waals surface area contributed by atoms with E-state index < -0.39 is 5.54 Å². The Bertz CT molecular complexity index is 562. The average Bonchev–Trinajstić information content (AvgIpc) is 3.41. The van der Waals surface area contributed by atoms with Gasteiger partial charge in [0.25, 0.3) is 11.8 Å². The monoisotopic (exact) mass is 318 g/mol. The van der Waals surface area contributed by atoms with Crippen LogP contribution >= 0.6 is 0 Å². The standard InChI is InChI=1S/C18H26N2O3/c1-4-20(5-2)17(23)14-8-6-13(7-9-14)16(22)19-18(3,12-21)15-10-11-15/h6-9,15,21H,4-5,10-12H2,1-3H3,(H,19,22). The van der Waals surface area contributed by atoms with Crippen LogP contribution in [-0.2, 0) is 0 Å². The van der Waals surface area contributed by atoms with Gasteiger partial charge in [-0.3, -0.25) is 9.59 Å². The zero-order chi connectivity index (χ0) is 17.0. The lowest BCUT2D eigenvalue weighted by Gasteiger charge is -2.28. The lowest BCUT2D eigenvalue weighted by molar-refractivity contribution is 0.0770. The number of carbonyl (C=O) groups excluding carboxylic acids is 2. The van der Waals surface area contributed by atoms with Crippen LogP contribution in [-0.4, -0.2) is 47.1 Å². The Balaban J connectivity index is 2.07. The van der Waals surface area contributed by atoms with Gasteiger partial charge >= 0.3 is 0 Å². The molecule has 0 heterocycles. The highest BCUT2D eigenvalue weighted by molar-refractivity contribution is 5.98. The highest BCUT2D eigenvalue weighted by atomic mass is 16.3. The predicted octanol–water partition coefficient (Wildman–Crippen LogP) is 2.06. The largest absolute Gasteiger partial charge is 0.394 e. The Labute approximate surface area is 137 Å². The molecule has 0 aliphatic heterocycles. The van der Waals surface area contributed by atoms with Gasteiger partial charge < -0.3 is 15.3 Å². The molecule has 0 saturated heterocycles. The van der Waals surface area contributed by atoms with Crippen molar-refractivity contribution < 1.29 is 14.7 Å². The van der Waals surface area contributed by atoms with Crippen LogP contribution in [0, 0.1) is 5.92 Å². The van der Waals surface area contributed by atoms with Crippen LogP contribution in [0.2, 0.25) is 0 Å². The molecule has 2 amide bonds. The number of nitrogens with one attached hydrogen (secondary N) is 1. The highest BCUT2D eigenvalue weighted by Crippen LogP contribution is 2.39. The number of carbonyl (C=O) groups is 2. The van der Waals surface area contributed by atoms with Gasteiger partial charge in [0.05, 0.1) is 12.1 Å². The molecule has 1 aromatic rings. The fourth-order valence-corrected chi connectivity index (χ4v) is 2.78.